The van der Waals surface area contributed by atoms with Gasteiger partial charge in [0, 0.05) is 5.69 Å². The summed E-state index contributed by atoms with van der Waals surface area (Å²) in [5.74, 6) is -0.0578. The number of methoxy groups -OCH3 is 1. The number of ether oxygens (including phenoxy) is 1. The van der Waals surface area contributed by atoms with Gasteiger partial charge in [-0.2, -0.15) is 0 Å². The molecule has 0 bridgehead atoms. The molecule has 2 N–H and O–H groups in total. The van der Waals surface area contributed by atoms with Crippen molar-refractivity contribution in [2.45, 2.75) is 32.7 Å². The predicted molar refractivity (Wildman–Crippen MR) is 67.7 cm³/mol. The van der Waals surface area contributed by atoms with E-state index in [1.165, 1.54) is 0 Å². The minimum atomic E-state index is -0.987. The Morgan fingerprint density at radius 1 is 1.47 bits per heavy atom. The number of anilines is 1. The van der Waals surface area contributed by atoms with Crippen molar-refractivity contribution in [2.75, 3.05) is 12.4 Å². The first-order valence-corrected chi connectivity index (χ1v) is 5.59. The maximum Gasteiger partial charge on any atom is 0.328 e. The highest BCUT2D eigenvalue weighted by atomic mass is 16.5. The van der Waals surface area contributed by atoms with Gasteiger partial charge < -0.3 is 15.2 Å². The van der Waals surface area contributed by atoms with Crippen LogP contribution in [-0.4, -0.2) is 23.7 Å². The first-order chi connectivity index (χ1) is 7.90. The second kappa shape index (κ2) is 5.08. The molecule has 0 fully saturated rings. The molecule has 0 unspecified atom stereocenters. The van der Waals surface area contributed by atoms with Crippen molar-refractivity contribution < 1.29 is 14.6 Å². The number of rotatable bonds is 5. The molecule has 0 aliphatic carbocycles. The average molecular weight is 237 g/mol. The Balaban J connectivity index is 2.97. The lowest BCUT2D eigenvalue weighted by molar-refractivity contribution is -0.141. The van der Waals surface area contributed by atoms with Crippen LogP contribution in [0.25, 0.3) is 0 Å². The van der Waals surface area contributed by atoms with Crippen molar-refractivity contribution >= 4 is 11.7 Å². The van der Waals surface area contributed by atoms with Gasteiger partial charge in [-0.3, -0.25) is 0 Å². The molecule has 0 aromatic heterocycles. The van der Waals surface area contributed by atoms with Gasteiger partial charge in [0.1, 0.15) is 11.3 Å². The van der Waals surface area contributed by atoms with E-state index in [-0.39, 0.29) is 0 Å². The maximum absolute atomic E-state index is 11.0. The summed E-state index contributed by atoms with van der Waals surface area (Å²) in [6.07, 6.45) is 0.839. The van der Waals surface area contributed by atoms with Crippen LogP contribution in [0.1, 0.15) is 26.3 Å². The van der Waals surface area contributed by atoms with Crippen molar-refractivity contribution in [3.05, 3.63) is 23.8 Å². The van der Waals surface area contributed by atoms with E-state index in [4.69, 9.17) is 9.84 Å². The lowest BCUT2D eigenvalue weighted by Gasteiger charge is -2.23. The molecule has 0 amide bonds. The summed E-state index contributed by atoms with van der Waals surface area (Å²) >= 11 is 0. The van der Waals surface area contributed by atoms with Crippen LogP contribution >= 0.6 is 0 Å². The monoisotopic (exact) mass is 237 g/mol. The topological polar surface area (TPSA) is 58.6 Å². The van der Waals surface area contributed by atoms with Crippen LogP contribution in [0.4, 0.5) is 5.69 Å². The third-order valence-electron chi connectivity index (χ3n) is 2.65. The summed E-state index contributed by atoms with van der Waals surface area (Å²) in [5.41, 5.74) is 0.855. The number of carboxylic acid groups (broad SMARTS) is 1. The third kappa shape index (κ3) is 3.12. The molecule has 4 heteroatoms. The molecule has 94 valence electrons. The number of aryl methyl sites for hydroxylation is 1. The quantitative estimate of drug-likeness (QED) is 0.826. The summed E-state index contributed by atoms with van der Waals surface area (Å²) < 4.78 is 5.22. The van der Waals surface area contributed by atoms with Gasteiger partial charge in [-0.1, -0.05) is 6.92 Å². The van der Waals surface area contributed by atoms with E-state index >= 15 is 0 Å². The van der Waals surface area contributed by atoms with Crippen LogP contribution in [0, 0.1) is 0 Å². The van der Waals surface area contributed by atoms with Crippen LogP contribution < -0.4 is 10.1 Å². The molecule has 0 saturated carbocycles. The summed E-state index contributed by atoms with van der Waals surface area (Å²) in [6.45, 7) is 5.29. The largest absolute Gasteiger partial charge is 0.496 e. The number of carbonyl (C=O) groups is 1. The zero-order chi connectivity index (χ0) is 13.1. The Kier molecular flexibility index (Phi) is 3.99. The second-order valence-corrected chi connectivity index (χ2v) is 4.44. The molecule has 17 heavy (non-hydrogen) atoms. The molecular formula is C13H19NO3. The number of carboxylic acids is 1. The molecule has 4 nitrogen and oxygen atoms in total. The van der Waals surface area contributed by atoms with Crippen LogP contribution in [0.15, 0.2) is 18.2 Å². The van der Waals surface area contributed by atoms with E-state index in [1.807, 2.05) is 25.1 Å². The van der Waals surface area contributed by atoms with Gasteiger partial charge in [0.15, 0.2) is 0 Å². The first-order valence-electron chi connectivity index (χ1n) is 5.59. The molecule has 1 aromatic rings. The van der Waals surface area contributed by atoms with E-state index in [9.17, 15) is 4.79 Å². The fourth-order valence-electron chi connectivity index (χ4n) is 1.55. The lowest BCUT2D eigenvalue weighted by Crippen LogP contribution is -2.39. The predicted octanol–water partition coefficient (Wildman–Crippen LogP) is 2.53. The highest BCUT2D eigenvalue weighted by Crippen LogP contribution is 2.25. The third-order valence-corrected chi connectivity index (χ3v) is 2.65. The van der Waals surface area contributed by atoms with Crippen molar-refractivity contribution in [1.29, 1.82) is 0 Å². The summed E-state index contributed by atoms with van der Waals surface area (Å²) in [4.78, 5) is 11.0. The van der Waals surface area contributed by atoms with Gasteiger partial charge >= 0.3 is 5.97 Å². The minimum absolute atomic E-state index is 0.787. The van der Waals surface area contributed by atoms with E-state index in [0.717, 1.165) is 23.4 Å². The van der Waals surface area contributed by atoms with E-state index < -0.39 is 11.5 Å². The zero-order valence-electron chi connectivity index (χ0n) is 10.7. The highest BCUT2D eigenvalue weighted by Gasteiger charge is 2.26. The summed E-state index contributed by atoms with van der Waals surface area (Å²) in [5, 5.41) is 12.0. The molecule has 1 rings (SSSR count). The van der Waals surface area contributed by atoms with Gasteiger partial charge in [0.2, 0.25) is 0 Å². The summed E-state index contributed by atoms with van der Waals surface area (Å²) in [7, 11) is 1.63. The fraction of sp³-hybridized carbons (Fsp3) is 0.462. The lowest BCUT2D eigenvalue weighted by atomic mass is 10.0. The molecular weight excluding hydrogens is 218 g/mol. The van der Waals surface area contributed by atoms with Crippen LogP contribution in [0.3, 0.4) is 0 Å². The van der Waals surface area contributed by atoms with Crippen LogP contribution in [0.2, 0.25) is 0 Å². The fourth-order valence-corrected chi connectivity index (χ4v) is 1.55. The molecule has 1 aromatic carbocycles. The number of nitrogens with one attached hydrogen (secondary N) is 1. The second-order valence-electron chi connectivity index (χ2n) is 4.44. The maximum atomic E-state index is 11.0. The normalized spacial score (nSPS) is 11.1. The Morgan fingerprint density at radius 3 is 2.59 bits per heavy atom. The Bertz CT molecular complexity index is 413. The first kappa shape index (κ1) is 13.4. The van der Waals surface area contributed by atoms with Gasteiger partial charge in [-0.25, -0.2) is 4.79 Å². The van der Waals surface area contributed by atoms with E-state index in [0.29, 0.717) is 0 Å². The van der Waals surface area contributed by atoms with Crippen LogP contribution in [0.5, 0.6) is 5.75 Å². The number of aliphatic carboxylic acids is 1. The summed E-state index contributed by atoms with van der Waals surface area (Å²) in [6, 6.07) is 5.59. The SMILES string of the molecule is CCc1cc(NC(C)(C)C(=O)O)ccc1OC. The Morgan fingerprint density at radius 2 is 2.12 bits per heavy atom. The van der Waals surface area contributed by atoms with Crippen molar-refractivity contribution in [2.24, 2.45) is 0 Å². The van der Waals surface area contributed by atoms with Gasteiger partial charge in [0.05, 0.1) is 7.11 Å². The van der Waals surface area contributed by atoms with Gasteiger partial charge in [-0.05, 0) is 44.0 Å². The molecule has 0 aliphatic rings. The van der Waals surface area contributed by atoms with Crippen molar-refractivity contribution in [3.63, 3.8) is 0 Å². The molecule has 0 radical (unpaired) electrons. The minimum Gasteiger partial charge on any atom is -0.496 e. The standard InChI is InChI=1S/C13H19NO3/c1-5-9-8-10(6-7-11(9)17-4)14-13(2,3)12(15)16/h6-8,14H,5H2,1-4H3,(H,15,16). The van der Waals surface area contributed by atoms with Crippen LogP contribution in [-0.2, 0) is 11.2 Å². The molecule has 0 saturated heterocycles. The van der Waals surface area contributed by atoms with Crippen molar-refractivity contribution in [3.8, 4) is 5.75 Å². The van der Waals surface area contributed by atoms with E-state index in [1.54, 1.807) is 21.0 Å². The average Bonchev–Trinajstić information content (AvgIpc) is 2.28. The molecule has 0 spiro atoms. The number of hydrogen-bond acceptors (Lipinski definition) is 3. The van der Waals surface area contributed by atoms with Crippen molar-refractivity contribution in [1.82, 2.24) is 0 Å². The number of benzene rings is 1. The molecule has 0 heterocycles. The smallest absolute Gasteiger partial charge is 0.328 e. The Labute approximate surface area is 102 Å². The number of hydrogen-bond donors (Lipinski definition) is 2. The molecule has 0 atom stereocenters. The molecule has 0 aliphatic heterocycles. The van der Waals surface area contributed by atoms with E-state index in [2.05, 4.69) is 5.32 Å². The van der Waals surface area contributed by atoms with Gasteiger partial charge in [0.25, 0.3) is 0 Å². The van der Waals surface area contributed by atoms with Gasteiger partial charge in [-0.15, -0.1) is 0 Å². The Hall–Kier alpha value is -1.71. The highest BCUT2D eigenvalue weighted by molar-refractivity contribution is 5.81. The zero-order valence-corrected chi connectivity index (χ0v) is 10.7.